The van der Waals surface area contributed by atoms with E-state index in [0.29, 0.717) is 5.92 Å². The molecule has 0 spiro atoms. The van der Waals surface area contributed by atoms with E-state index in [2.05, 4.69) is 64.1 Å². The van der Waals surface area contributed by atoms with Crippen LogP contribution in [0.15, 0.2) is 54.6 Å². The third-order valence-electron chi connectivity index (χ3n) is 6.03. The average Bonchev–Trinajstić information content (AvgIpc) is 2.76. The SMILES string of the molecule is C/C=C/c1c(C(C)C)nc2c(c1-c1ccc(F)cc1)Cc1ccccc1C2(C)C.CC. The zero-order chi connectivity index (χ0) is 22.8. The molecular weight excluding hydrogens is 381 g/mol. The fourth-order valence-corrected chi connectivity index (χ4v) is 4.67. The number of fused-ring (bicyclic) bond motifs is 2. The Kier molecular flexibility index (Phi) is 6.79. The number of allylic oxidation sites excluding steroid dienone is 1. The maximum Gasteiger partial charge on any atom is 0.123 e. The summed E-state index contributed by atoms with van der Waals surface area (Å²) in [5.41, 5.74) is 9.42. The maximum absolute atomic E-state index is 13.7. The van der Waals surface area contributed by atoms with E-state index in [4.69, 9.17) is 4.98 Å². The second-order valence-electron chi connectivity index (χ2n) is 8.73. The van der Waals surface area contributed by atoms with Gasteiger partial charge in [-0.05, 0) is 52.8 Å². The zero-order valence-electron chi connectivity index (χ0n) is 19.9. The van der Waals surface area contributed by atoms with E-state index in [0.717, 1.165) is 28.9 Å². The summed E-state index contributed by atoms with van der Waals surface area (Å²) >= 11 is 0. The first-order valence-electron chi connectivity index (χ1n) is 11.4. The Morgan fingerprint density at radius 2 is 1.65 bits per heavy atom. The number of halogens is 1. The molecule has 4 rings (SSSR count). The number of aromatic nitrogens is 1. The molecule has 0 saturated heterocycles. The first kappa shape index (κ1) is 22.9. The van der Waals surface area contributed by atoms with Gasteiger partial charge in [0.1, 0.15) is 5.82 Å². The topological polar surface area (TPSA) is 12.9 Å². The van der Waals surface area contributed by atoms with Gasteiger partial charge in [-0.3, -0.25) is 4.98 Å². The van der Waals surface area contributed by atoms with Gasteiger partial charge in [0.15, 0.2) is 0 Å². The maximum atomic E-state index is 13.7. The molecule has 0 saturated carbocycles. The molecular formula is C29H34FN. The second kappa shape index (κ2) is 9.18. The molecule has 0 fully saturated rings. The summed E-state index contributed by atoms with van der Waals surface area (Å²) in [6.45, 7) is 15.0. The smallest absolute Gasteiger partial charge is 0.123 e. The number of pyridine rings is 1. The van der Waals surface area contributed by atoms with Crippen LogP contribution in [0.25, 0.3) is 17.2 Å². The predicted molar refractivity (Wildman–Crippen MR) is 131 cm³/mol. The van der Waals surface area contributed by atoms with Crippen LogP contribution in [0.5, 0.6) is 0 Å². The van der Waals surface area contributed by atoms with Crippen molar-refractivity contribution in [2.75, 3.05) is 0 Å². The van der Waals surface area contributed by atoms with Gasteiger partial charge in [-0.15, -0.1) is 0 Å². The van der Waals surface area contributed by atoms with Crippen molar-refractivity contribution in [3.8, 4) is 11.1 Å². The summed E-state index contributed by atoms with van der Waals surface area (Å²) < 4.78 is 13.7. The molecule has 2 heteroatoms. The Morgan fingerprint density at radius 3 is 2.26 bits per heavy atom. The summed E-state index contributed by atoms with van der Waals surface area (Å²) in [5, 5.41) is 0. The molecule has 31 heavy (non-hydrogen) atoms. The zero-order valence-corrected chi connectivity index (χ0v) is 19.9. The van der Waals surface area contributed by atoms with Gasteiger partial charge in [0.2, 0.25) is 0 Å². The molecule has 2 aromatic carbocycles. The van der Waals surface area contributed by atoms with E-state index in [9.17, 15) is 4.39 Å². The Balaban J connectivity index is 0.00000132. The van der Waals surface area contributed by atoms with E-state index in [1.807, 2.05) is 32.9 Å². The van der Waals surface area contributed by atoms with E-state index in [-0.39, 0.29) is 11.2 Å². The van der Waals surface area contributed by atoms with E-state index in [1.54, 1.807) is 12.1 Å². The van der Waals surface area contributed by atoms with Crippen molar-refractivity contribution >= 4 is 6.08 Å². The van der Waals surface area contributed by atoms with Crippen molar-refractivity contribution in [1.29, 1.82) is 0 Å². The lowest BCUT2D eigenvalue weighted by atomic mass is 9.69. The van der Waals surface area contributed by atoms with Gasteiger partial charge < -0.3 is 0 Å². The standard InChI is InChI=1S/C27H28FN.C2H6/c1-6-9-21-24(18-12-14-20(28)15-13-18)22-16-19-10-7-8-11-23(19)27(4,5)26(22)29-25(21)17(2)3;1-2/h6-15,17H,16H2,1-5H3;1-2H3/b9-6+;. The third kappa shape index (κ3) is 4.08. The summed E-state index contributed by atoms with van der Waals surface area (Å²) in [4.78, 5) is 5.26. The highest BCUT2D eigenvalue weighted by atomic mass is 19.1. The van der Waals surface area contributed by atoms with E-state index >= 15 is 0 Å². The van der Waals surface area contributed by atoms with Crippen LogP contribution in [0, 0.1) is 5.82 Å². The second-order valence-corrected chi connectivity index (χ2v) is 8.73. The highest BCUT2D eigenvalue weighted by Crippen LogP contribution is 2.46. The fraction of sp³-hybridized carbons (Fsp3) is 0.345. The van der Waals surface area contributed by atoms with Gasteiger partial charge in [0.05, 0.1) is 11.4 Å². The molecule has 1 heterocycles. The number of hydrogen-bond acceptors (Lipinski definition) is 1. The molecule has 3 aromatic rings. The van der Waals surface area contributed by atoms with Crippen LogP contribution >= 0.6 is 0 Å². The van der Waals surface area contributed by atoms with Gasteiger partial charge in [0, 0.05) is 17.4 Å². The predicted octanol–water partition coefficient (Wildman–Crippen LogP) is 8.30. The van der Waals surface area contributed by atoms with Gasteiger partial charge >= 0.3 is 0 Å². The lowest BCUT2D eigenvalue weighted by Crippen LogP contribution is -2.30. The number of hydrogen-bond donors (Lipinski definition) is 0. The molecule has 1 aliphatic carbocycles. The molecule has 0 aliphatic heterocycles. The van der Waals surface area contributed by atoms with Crippen molar-refractivity contribution in [2.24, 2.45) is 0 Å². The Bertz CT molecular complexity index is 1090. The molecule has 0 unspecified atom stereocenters. The molecule has 0 radical (unpaired) electrons. The van der Waals surface area contributed by atoms with Crippen molar-refractivity contribution in [2.45, 2.75) is 66.2 Å². The van der Waals surface area contributed by atoms with Crippen LogP contribution in [0.2, 0.25) is 0 Å². The monoisotopic (exact) mass is 415 g/mol. The number of benzene rings is 2. The number of rotatable bonds is 3. The van der Waals surface area contributed by atoms with Crippen LogP contribution in [0.3, 0.4) is 0 Å². The minimum Gasteiger partial charge on any atom is -0.256 e. The van der Waals surface area contributed by atoms with Gasteiger partial charge in [-0.25, -0.2) is 4.39 Å². The molecule has 162 valence electrons. The van der Waals surface area contributed by atoms with Crippen molar-refractivity contribution in [1.82, 2.24) is 4.98 Å². The summed E-state index contributed by atoms with van der Waals surface area (Å²) in [7, 11) is 0. The van der Waals surface area contributed by atoms with Crippen molar-refractivity contribution in [3.05, 3.63) is 94.1 Å². The first-order chi connectivity index (χ1) is 14.8. The quantitative estimate of drug-likeness (QED) is 0.419. The summed E-state index contributed by atoms with van der Waals surface area (Å²) in [5.74, 6) is 0.0812. The van der Waals surface area contributed by atoms with Crippen molar-refractivity contribution in [3.63, 3.8) is 0 Å². The average molecular weight is 416 g/mol. The molecule has 1 aromatic heterocycles. The Morgan fingerprint density at radius 1 is 1.00 bits per heavy atom. The van der Waals surface area contributed by atoms with Crippen LogP contribution < -0.4 is 0 Å². The van der Waals surface area contributed by atoms with Crippen LogP contribution in [-0.4, -0.2) is 4.98 Å². The largest absolute Gasteiger partial charge is 0.256 e. The van der Waals surface area contributed by atoms with Crippen LogP contribution in [0.4, 0.5) is 4.39 Å². The van der Waals surface area contributed by atoms with Crippen LogP contribution in [-0.2, 0) is 11.8 Å². The molecule has 0 N–H and O–H groups in total. The highest BCUT2D eigenvalue weighted by molar-refractivity contribution is 5.81. The molecule has 1 nitrogen and oxygen atoms in total. The summed E-state index contributed by atoms with van der Waals surface area (Å²) in [6.07, 6.45) is 5.08. The molecule has 0 bridgehead atoms. The first-order valence-corrected chi connectivity index (χ1v) is 11.4. The lowest BCUT2D eigenvalue weighted by molar-refractivity contribution is 0.580. The molecule has 0 amide bonds. The minimum atomic E-state index is -0.209. The fourth-order valence-electron chi connectivity index (χ4n) is 4.67. The normalized spacial score (nSPS) is 14.1. The minimum absolute atomic E-state index is 0.183. The number of nitrogens with zero attached hydrogens (tertiary/aromatic N) is 1. The van der Waals surface area contributed by atoms with E-state index in [1.165, 1.54) is 22.3 Å². The molecule has 0 atom stereocenters. The molecule has 1 aliphatic rings. The lowest BCUT2D eigenvalue weighted by Gasteiger charge is -2.36. The van der Waals surface area contributed by atoms with Crippen LogP contribution in [0.1, 0.15) is 88.0 Å². The summed E-state index contributed by atoms with van der Waals surface area (Å²) in [6, 6.07) is 15.6. The van der Waals surface area contributed by atoms with Gasteiger partial charge in [0.25, 0.3) is 0 Å². The van der Waals surface area contributed by atoms with E-state index < -0.39 is 0 Å². The Hall–Kier alpha value is -2.74. The van der Waals surface area contributed by atoms with Gasteiger partial charge in [-0.1, -0.05) is 90.1 Å². The third-order valence-corrected chi connectivity index (χ3v) is 6.03. The van der Waals surface area contributed by atoms with Gasteiger partial charge in [-0.2, -0.15) is 0 Å². The Labute approximate surface area is 187 Å². The van der Waals surface area contributed by atoms with Crippen molar-refractivity contribution < 1.29 is 4.39 Å². The highest BCUT2D eigenvalue weighted by Gasteiger charge is 2.36.